The van der Waals surface area contributed by atoms with Gasteiger partial charge in [0, 0.05) is 13.6 Å². The van der Waals surface area contributed by atoms with Crippen molar-refractivity contribution in [3.63, 3.8) is 0 Å². The van der Waals surface area contributed by atoms with Crippen LogP contribution >= 0.6 is 15.9 Å². The van der Waals surface area contributed by atoms with Crippen LogP contribution in [0.4, 0.5) is 4.39 Å². The van der Waals surface area contributed by atoms with Crippen LogP contribution in [0, 0.1) is 5.82 Å². The van der Waals surface area contributed by atoms with Crippen LogP contribution in [0.1, 0.15) is 17.3 Å². The summed E-state index contributed by atoms with van der Waals surface area (Å²) in [6, 6.07) is 4.66. The maximum absolute atomic E-state index is 13.6. The molecule has 0 unspecified atom stereocenters. The molecular formula is C12H13BrFNO. The van der Waals surface area contributed by atoms with Crippen molar-refractivity contribution >= 4 is 21.8 Å². The van der Waals surface area contributed by atoms with E-state index in [9.17, 15) is 9.18 Å². The van der Waals surface area contributed by atoms with E-state index in [1.54, 1.807) is 19.2 Å². The van der Waals surface area contributed by atoms with E-state index < -0.39 is 5.82 Å². The lowest BCUT2D eigenvalue weighted by molar-refractivity contribution is 0.0802. The van der Waals surface area contributed by atoms with Crippen molar-refractivity contribution in [3.8, 4) is 0 Å². The molecule has 1 amide bonds. The van der Waals surface area contributed by atoms with Crippen LogP contribution in [0.25, 0.3) is 0 Å². The van der Waals surface area contributed by atoms with E-state index in [1.165, 1.54) is 11.0 Å². The summed E-state index contributed by atoms with van der Waals surface area (Å²) in [5.41, 5.74) is 0.921. The van der Waals surface area contributed by atoms with Gasteiger partial charge in [0.15, 0.2) is 0 Å². The molecule has 16 heavy (non-hydrogen) atoms. The third-order valence-corrected chi connectivity index (χ3v) is 2.65. The number of halogens is 2. The molecule has 0 atom stereocenters. The molecule has 0 saturated carbocycles. The Morgan fingerprint density at radius 2 is 2.19 bits per heavy atom. The molecule has 0 bridgehead atoms. The smallest absolute Gasteiger partial charge is 0.256 e. The van der Waals surface area contributed by atoms with Crippen LogP contribution in [-0.4, -0.2) is 24.4 Å². The summed E-state index contributed by atoms with van der Waals surface area (Å²) < 4.78 is 13.9. The number of carbonyl (C=O) groups is 1. The second-order valence-corrected chi connectivity index (χ2v) is 4.57. The van der Waals surface area contributed by atoms with Gasteiger partial charge in [0.1, 0.15) is 5.82 Å². The molecule has 1 rings (SSSR count). The van der Waals surface area contributed by atoms with Crippen LogP contribution in [0.3, 0.4) is 0 Å². The number of likely N-dealkylation sites (N-methyl/N-ethyl adjacent to an activating group) is 1. The predicted molar refractivity (Wildman–Crippen MR) is 65.9 cm³/mol. The largest absolute Gasteiger partial charge is 0.338 e. The Morgan fingerprint density at radius 1 is 1.56 bits per heavy atom. The number of benzene rings is 1. The summed E-state index contributed by atoms with van der Waals surface area (Å²) in [5.74, 6) is -0.872. The average molecular weight is 286 g/mol. The second kappa shape index (κ2) is 5.25. The Labute approximate surface area is 103 Å². The first-order chi connectivity index (χ1) is 7.43. The zero-order chi connectivity index (χ0) is 12.3. The molecule has 0 heterocycles. The molecule has 4 heteroatoms. The third kappa shape index (κ3) is 2.92. The van der Waals surface area contributed by atoms with Gasteiger partial charge in [-0.1, -0.05) is 18.2 Å². The van der Waals surface area contributed by atoms with Gasteiger partial charge in [-0.05, 0) is 35.0 Å². The van der Waals surface area contributed by atoms with Crippen molar-refractivity contribution in [3.05, 3.63) is 46.2 Å². The van der Waals surface area contributed by atoms with Crippen LogP contribution in [-0.2, 0) is 0 Å². The zero-order valence-electron chi connectivity index (χ0n) is 9.26. The fourth-order valence-electron chi connectivity index (χ4n) is 1.35. The maximum Gasteiger partial charge on any atom is 0.256 e. The van der Waals surface area contributed by atoms with E-state index in [0.717, 1.165) is 5.57 Å². The highest BCUT2D eigenvalue weighted by atomic mass is 79.9. The van der Waals surface area contributed by atoms with Crippen molar-refractivity contribution in [2.45, 2.75) is 6.92 Å². The highest BCUT2D eigenvalue weighted by molar-refractivity contribution is 9.10. The monoisotopic (exact) mass is 285 g/mol. The minimum Gasteiger partial charge on any atom is -0.338 e. The summed E-state index contributed by atoms with van der Waals surface area (Å²) in [6.07, 6.45) is 0. The van der Waals surface area contributed by atoms with Crippen molar-refractivity contribution < 1.29 is 9.18 Å². The van der Waals surface area contributed by atoms with Gasteiger partial charge in [0.05, 0.1) is 10.0 Å². The molecule has 0 N–H and O–H groups in total. The van der Waals surface area contributed by atoms with E-state index >= 15 is 0 Å². The molecule has 0 aliphatic rings. The normalized spacial score (nSPS) is 10.0. The van der Waals surface area contributed by atoms with Gasteiger partial charge in [-0.15, -0.1) is 0 Å². The summed E-state index contributed by atoms with van der Waals surface area (Å²) >= 11 is 3.05. The van der Waals surface area contributed by atoms with Crippen LogP contribution < -0.4 is 0 Å². The molecule has 0 aliphatic carbocycles. The standard InChI is InChI=1S/C12H13BrFNO/c1-8(2)7-15(3)12(16)9-5-4-6-10(13)11(9)14/h4-6H,1,7H2,2-3H3. The molecule has 0 fully saturated rings. The second-order valence-electron chi connectivity index (χ2n) is 3.72. The molecule has 86 valence electrons. The molecule has 1 aromatic carbocycles. The van der Waals surface area contributed by atoms with E-state index in [1.807, 2.05) is 6.92 Å². The van der Waals surface area contributed by atoms with Gasteiger partial charge in [0.25, 0.3) is 5.91 Å². The first kappa shape index (κ1) is 12.9. The van der Waals surface area contributed by atoms with Crippen molar-refractivity contribution in [1.29, 1.82) is 0 Å². The topological polar surface area (TPSA) is 20.3 Å². The Balaban J connectivity index is 2.96. The molecule has 0 aromatic heterocycles. The molecule has 0 saturated heterocycles. The number of rotatable bonds is 3. The summed E-state index contributed by atoms with van der Waals surface area (Å²) in [4.78, 5) is 13.3. The molecule has 0 radical (unpaired) electrons. The summed E-state index contributed by atoms with van der Waals surface area (Å²) in [5, 5.41) is 0. The summed E-state index contributed by atoms with van der Waals surface area (Å²) in [6.45, 7) is 5.96. The number of nitrogens with zero attached hydrogens (tertiary/aromatic N) is 1. The minimum atomic E-state index is -0.527. The van der Waals surface area contributed by atoms with E-state index in [0.29, 0.717) is 11.0 Å². The lowest BCUT2D eigenvalue weighted by Crippen LogP contribution is -2.28. The zero-order valence-corrected chi connectivity index (χ0v) is 10.8. The lowest BCUT2D eigenvalue weighted by Gasteiger charge is -2.17. The van der Waals surface area contributed by atoms with Crippen molar-refractivity contribution in [1.82, 2.24) is 4.90 Å². The Bertz CT molecular complexity index is 431. The van der Waals surface area contributed by atoms with Gasteiger partial charge in [-0.3, -0.25) is 4.79 Å². The number of carbonyl (C=O) groups excluding carboxylic acids is 1. The number of amides is 1. The Hall–Kier alpha value is -1.16. The van der Waals surface area contributed by atoms with Crippen molar-refractivity contribution in [2.75, 3.05) is 13.6 Å². The van der Waals surface area contributed by atoms with Gasteiger partial charge in [-0.2, -0.15) is 0 Å². The maximum atomic E-state index is 13.6. The van der Waals surface area contributed by atoms with Gasteiger partial charge < -0.3 is 4.90 Å². The number of hydrogen-bond acceptors (Lipinski definition) is 1. The van der Waals surface area contributed by atoms with Crippen molar-refractivity contribution in [2.24, 2.45) is 0 Å². The molecule has 0 spiro atoms. The Morgan fingerprint density at radius 3 is 2.75 bits per heavy atom. The molecule has 0 aliphatic heterocycles. The van der Waals surface area contributed by atoms with Crippen LogP contribution in [0.5, 0.6) is 0 Å². The van der Waals surface area contributed by atoms with Crippen LogP contribution in [0.15, 0.2) is 34.8 Å². The van der Waals surface area contributed by atoms with Gasteiger partial charge in [0.2, 0.25) is 0 Å². The van der Waals surface area contributed by atoms with E-state index in [-0.39, 0.29) is 11.5 Å². The SMILES string of the molecule is C=C(C)CN(C)C(=O)c1cccc(Br)c1F. The number of hydrogen-bond donors (Lipinski definition) is 0. The molecule has 1 aromatic rings. The fourth-order valence-corrected chi connectivity index (χ4v) is 1.72. The quantitative estimate of drug-likeness (QED) is 0.781. The highest BCUT2D eigenvalue weighted by Gasteiger charge is 2.17. The fraction of sp³-hybridized carbons (Fsp3) is 0.250. The first-order valence-corrected chi connectivity index (χ1v) is 5.56. The molecule has 2 nitrogen and oxygen atoms in total. The Kier molecular flexibility index (Phi) is 4.24. The van der Waals surface area contributed by atoms with Gasteiger partial charge >= 0.3 is 0 Å². The molecular weight excluding hydrogens is 273 g/mol. The van der Waals surface area contributed by atoms with E-state index in [2.05, 4.69) is 22.5 Å². The third-order valence-electron chi connectivity index (χ3n) is 2.04. The highest BCUT2D eigenvalue weighted by Crippen LogP contribution is 2.19. The summed E-state index contributed by atoms with van der Waals surface area (Å²) in [7, 11) is 1.62. The van der Waals surface area contributed by atoms with Crippen LogP contribution in [0.2, 0.25) is 0 Å². The predicted octanol–water partition coefficient (Wildman–Crippen LogP) is 3.24. The van der Waals surface area contributed by atoms with E-state index in [4.69, 9.17) is 0 Å². The first-order valence-electron chi connectivity index (χ1n) is 4.77. The average Bonchev–Trinajstić information content (AvgIpc) is 2.20. The minimum absolute atomic E-state index is 0.0677. The van der Waals surface area contributed by atoms with Gasteiger partial charge in [-0.25, -0.2) is 4.39 Å². The lowest BCUT2D eigenvalue weighted by atomic mass is 10.2.